The Labute approximate surface area is 107 Å². The molecule has 1 saturated heterocycles. The fraction of sp³-hybridized carbons (Fsp3) is 0.417. The summed E-state index contributed by atoms with van der Waals surface area (Å²) < 4.78 is 26.3. The molecular formula is C12H16N2O3S. The summed E-state index contributed by atoms with van der Waals surface area (Å²) >= 11 is 0. The number of sulfonamides is 1. The first kappa shape index (κ1) is 13.0. The van der Waals surface area contributed by atoms with E-state index in [1.165, 1.54) is 10.4 Å². The average Bonchev–Trinajstić information content (AvgIpc) is 2.82. The quantitative estimate of drug-likeness (QED) is 0.883. The van der Waals surface area contributed by atoms with Crippen LogP contribution in [0, 0.1) is 6.92 Å². The van der Waals surface area contributed by atoms with E-state index in [0.717, 1.165) is 12.8 Å². The van der Waals surface area contributed by atoms with Gasteiger partial charge in [0.25, 0.3) is 0 Å². The summed E-state index contributed by atoms with van der Waals surface area (Å²) in [6, 6.07) is 4.52. The van der Waals surface area contributed by atoms with Gasteiger partial charge in [-0.25, -0.2) is 8.42 Å². The van der Waals surface area contributed by atoms with Gasteiger partial charge in [0.2, 0.25) is 15.9 Å². The highest BCUT2D eigenvalue weighted by molar-refractivity contribution is 7.89. The van der Waals surface area contributed by atoms with Crippen LogP contribution in [-0.4, -0.2) is 31.7 Å². The molecule has 6 heteroatoms. The van der Waals surface area contributed by atoms with E-state index in [1.54, 1.807) is 19.1 Å². The van der Waals surface area contributed by atoms with Gasteiger partial charge < -0.3 is 5.73 Å². The first-order valence-corrected chi connectivity index (χ1v) is 7.27. The first-order valence-electron chi connectivity index (χ1n) is 5.83. The molecule has 1 fully saturated rings. The van der Waals surface area contributed by atoms with Crippen molar-refractivity contribution in [3.8, 4) is 0 Å². The van der Waals surface area contributed by atoms with Crippen molar-refractivity contribution in [2.75, 3.05) is 13.1 Å². The molecule has 2 N–H and O–H groups in total. The number of nitrogens with zero attached hydrogens (tertiary/aromatic N) is 1. The van der Waals surface area contributed by atoms with E-state index in [9.17, 15) is 13.2 Å². The van der Waals surface area contributed by atoms with E-state index >= 15 is 0 Å². The van der Waals surface area contributed by atoms with Crippen molar-refractivity contribution in [2.45, 2.75) is 24.7 Å². The lowest BCUT2D eigenvalue weighted by atomic mass is 10.1. The second-order valence-electron chi connectivity index (χ2n) is 4.46. The standard InChI is InChI=1S/C12H16N2O3S/c1-9-4-5-10(12(13)15)8-11(9)18(16,17)14-6-2-3-7-14/h4-5,8H,2-3,6-7H2,1H3,(H2,13,15). The Balaban J connectivity index is 2.49. The van der Waals surface area contributed by atoms with Crippen LogP contribution in [0.1, 0.15) is 28.8 Å². The Hall–Kier alpha value is -1.40. The van der Waals surface area contributed by atoms with Gasteiger partial charge in [0, 0.05) is 18.7 Å². The number of carbonyl (C=O) groups is 1. The minimum atomic E-state index is -3.50. The lowest BCUT2D eigenvalue weighted by molar-refractivity contribution is 0.1000. The molecule has 0 bridgehead atoms. The molecule has 0 saturated carbocycles. The molecule has 0 aliphatic carbocycles. The zero-order valence-electron chi connectivity index (χ0n) is 10.2. The molecule has 1 amide bonds. The molecule has 5 nitrogen and oxygen atoms in total. The molecule has 1 aliphatic heterocycles. The molecule has 1 aromatic carbocycles. The average molecular weight is 268 g/mol. The van der Waals surface area contributed by atoms with Crippen LogP contribution in [0.4, 0.5) is 0 Å². The van der Waals surface area contributed by atoms with Crippen molar-refractivity contribution in [1.29, 1.82) is 0 Å². The van der Waals surface area contributed by atoms with E-state index in [0.29, 0.717) is 18.7 Å². The van der Waals surface area contributed by atoms with Gasteiger partial charge in [-0.1, -0.05) is 6.07 Å². The summed E-state index contributed by atoms with van der Waals surface area (Å²) in [5, 5.41) is 0. The topological polar surface area (TPSA) is 80.5 Å². The van der Waals surface area contributed by atoms with Crippen LogP contribution < -0.4 is 5.73 Å². The van der Waals surface area contributed by atoms with Crippen LogP contribution in [0.15, 0.2) is 23.1 Å². The van der Waals surface area contributed by atoms with Crippen molar-refractivity contribution in [3.63, 3.8) is 0 Å². The van der Waals surface area contributed by atoms with Crippen molar-refractivity contribution in [1.82, 2.24) is 4.31 Å². The van der Waals surface area contributed by atoms with E-state index in [1.807, 2.05) is 0 Å². The molecule has 1 aliphatic rings. The number of benzene rings is 1. The summed E-state index contributed by atoms with van der Waals surface area (Å²) in [5.74, 6) is -0.618. The molecule has 1 aromatic rings. The third-order valence-electron chi connectivity index (χ3n) is 3.16. The minimum Gasteiger partial charge on any atom is -0.366 e. The summed E-state index contributed by atoms with van der Waals surface area (Å²) in [7, 11) is -3.50. The maximum atomic E-state index is 12.4. The SMILES string of the molecule is Cc1ccc(C(N)=O)cc1S(=O)(=O)N1CCCC1. The first-order chi connectivity index (χ1) is 8.43. The number of carbonyl (C=O) groups excluding carboxylic acids is 1. The zero-order chi connectivity index (χ0) is 13.3. The number of primary amides is 1. The predicted octanol–water partition coefficient (Wildman–Crippen LogP) is 0.878. The number of hydrogen-bond donors (Lipinski definition) is 1. The summed E-state index contributed by atoms with van der Waals surface area (Å²) in [6.07, 6.45) is 1.77. The van der Waals surface area contributed by atoms with Crippen LogP contribution in [0.3, 0.4) is 0 Å². The number of hydrogen-bond acceptors (Lipinski definition) is 3. The van der Waals surface area contributed by atoms with Gasteiger partial charge in [-0.2, -0.15) is 4.31 Å². The number of aryl methyl sites for hydroxylation is 1. The molecular weight excluding hydrogens is 252 g/mol. The highest BCUT2D eigenvalue weighted by Crippen LogP contribution is 2.24. The largest absolute Gasteiger partial charge is 0.366 e. The summed E-state index contributed by atoms with van der Waals surface area (Å²) in [5.41, 5.74) is 6.03. The third kappa shape index (κ3) is 2.26. The van der Waals surface area contributed by atoms with Crippen LogP contribution >= 0.6 is 0 Å². The smallest absolute Gasteiger partial charge is 0.248 e. The van der Waals surface area contributed by atoms with Gasteiger partial charge in [-0.3, -0.25) is 4.79 Å². The maximum absolute atomic E-state index is 12.4. The molecule has 98 valence electrons. The van der Waals surface area contributed by atoms with Crippen LogP contribution in [0.25, 0.3) is 0 Å². The minimum absolute atomic E-state index is 0.181. The molecule has 1 heterocycles. The monoisotopic (exact) mass is 268 g/mol. The number of rotatable bonds is 3. The summed E-state index contributed by atoms with van der Waals surface area (Å²) in [6.45, 7) is 2.80. The normalized spacial score (nSPS) is 16.9. The van der Waals surface area contributed by atoms with E-state index in [-0.39, 0.29) is 10.5 Å². The van der Waals surface area contributed by atoms with Crippen molar-refractivity contribution in [3.05, 3.63) is 29.3 Å². The Kier molecular flexibility index (Phi) is 3.41. The molecule has 0 spiro atoms. The van der Waals surface area contributed by atoms with Crippen molar-refractivity contribution >= 4 is 15.9 Å². The van der Waals surface area contributed by atoms with Crippen LogP contribution in [-0.2, 0) is 10.0 Å². The molecule has 18 heavy (non-hydrogen) atoms. The number of amides is 1. The van der Waals surface area contributed by atoms with Gasteiger partial charge in [0.1, 0.15) is 0 Å². The fourth-order valence-corrected chi connectivity index (χ4v) is 3.87. The maximum Gasteiger partial charge on any atom is 0.248 e. The van der Waals surface area contributed by atoms with E-state index < -0.39 is 15.9 Å². The van der Waals surface area contributed by atoms with E-state index in [4.69, 9.17) is 5.73 Å². The predicted molar refractivity (Wildman–Crippen MR) is 67.7 cm³/mol. The van der Waals surface area contributed by atoms with Crippen molar-refractivity contribution in [2.24, 2.45) is 5.73 Å². The van der Waals surface area contributed by atoms with Gasteiger partial charge in [0.15, 0.2) is 0 Å². The van der Waals surface area contributed by atoms with Gasteiger partial charge >= 0.3 is 0 Å². The Morgan fingerprint density at radius 2 is 1.89 bits per heavy atom. The van der Waals surface area contributed by atoms with Crippen LogP contribution in [0.5, 0.6) is 0 Å². The Morgan fingerprint density at radius 1 is 1.28 bits per heavy atom. The highest BCUT2D eigenvalue weighted by Gasteiger charge is 2.28. The Morgan fingerprint density at radius 3 is 2.44 bits per heavy atom. The lowest BCUT2D eigenvalue weighted by Crippen LogP contribution is -2.28. The summed E-state index contributed by atoms with van der Waals surface area (Å²) in [4.78, 5) is 11.3. The second-order valence-corrected chi connectivity index (χ2v) is 6.36. The van der Waals surface area contributed by atoms with Crippen LogP contribution in [0.2, 0.25) is 0 Å². The molecule has 0 aromatic heterocycles. The second kappa shape index (κ2) is 4.70. The zero-order valence-corrected chi connectivity index (χ0v) is 11.0. The van der Waals surface area contributed by atoms with Gasteiger partial charge in [-0.15, -0.1) is 0 Å². The van der Waals surface area contributed by atoms with Crippen molar-refractivity contribution < 1.29 is 13.2 Å². The van der Waals surface area contributed by atoms with E-state index in [2.05, 4.69) is 0 Å². The molecule has 0 unspecified atom stereocenters. The highest BCUT2D eigenvalue weighted by atomic mass is 32.2. The third-order valence-corrected chi connectivity index (χ3v) is 5.20. The molecule has 0 atom stereocenters. The fourth-order valence-electron chi connectivity index (χ4n) is 2.10. The van der Waals surface area contributed by atoms with Gasteiger partial charge in [-0.05, 0) is 37.5 Å². The van der Waals surface area contributed by atoms with Gasteiger partial charge in [0.05, 0.1) is 4.90 Å². The molecule has 2 rings (SSSR count). The Bertz CT molecular complexity index is 575. The molecule has 0 radical (unpaired) electrons. The lowest BCUT2D eigenvalue weighted by Gasteiger charge is -2.17. The number of nitrogens with two attached hydrogens (primary N) is 1.